The molecule has 0 aromatic carbocycles. The highest BCUT2D eigenvalue weighted by molar-refractivity contribution is 5.96. The van der Waals surface area contributed by atoms with E-state index in [1.807, 2.05) is 0 Å². The van der Waals surface area contributed by atoms with Crippen LogP contribution in [-0.2, 0) is 4.74 Å². The molecule has 1 aliphatic rings. The zero-order valence-electron chi connectivity index (χ0n) is 12.0. The van der Waals surface area contributed by atoms with Gasteiger partial charge in [-0.2, -0.15) is 5.10 Å². The normalized spacial score (nSPS) is 15.5. The quantitative estimate of drug-likeness (QED) is 0.811. The lowest BCUT2D eigenvalue weighted by molar-refractivity contribution is 0.00782. The lowest BCUT2D eigenvalue weighted by Crippen LogP contribution is -2.50. The van der Waals surface area contributed by atoms with E-state index in [-0.39, 0.29) is 17.2 Å². The van der Waals surface area contributed by atoms with Gasteiger partial charge in [0.1, 0.15) is 5.60 Å². The van der Waals surface area contributed by atoms with E-state index < -0.39 is 17.7 Å². The summed E-state index contributed by atoms with van der Waals surface area (Å²) in [7, 11) is 0. The summed E-state index contributed by atoms with van der Waals surface area (Å²) in [6.07, 6.45) is 0.0442. The van der Waals surface area contributed by atoms with Crippen LogP contribution in [0.5, 0.6) is 0 Å². The number of H-pyrrole nitrogens is 1. The minimum Gasteiger partial charge on any atom is -0.476 e. The molecule has 1 aromatic rings. The summed E-state index contributed by atoms with van der Waals surface area (Å²) < 4.78 is 5.22. The molecule has 0 unspecified atom stereocenters. The van der Waals surface area contributed by atoms with Crippen LogP contribution >= 0.6 is 0 Å². The van der Waals surface area contributed by atoms with Crippen LogP contribution in [-0.4, -0.2) is 57.2 Å². The summed E-state index contributed by atoms with van der Waals surface area (Å²) in [5.41, 5.74) is -0.380. The molecule has 8 heteroatoms. The Hall–Kier alpha value is -2.38. The first kappa shape index (κ1) is 15.0. The minimum atomic E-state index is -1.26. The fourth-order valence-electron chi connectivity index (χ4n) is 2.09. The standard InChI is InChI=1S/C13H17N3O5/c1-13(2,3)21-12(20)16-4-7(5-16)9-8(6-17)10(11(18)19)15-14-9/h6-7H,4-5H2,1-3H3,(H,14,15)(H,18,19). The Morgan fingerprint density at radius 2 is 2.05 bits per heavy atom. The highest BCUT2D eigenvalue weighted by atomic mass is 16.6. The van der Waals surface area contributed by atoms with Gasteiger partial charge in [-0.3, -0.25) is 9.89 Å². The number of likely N-dealkylation sites (tertiary alicyclic amines) is 1. The number of ether oxygens (including phenoxy) is 1. The number of aromatic amines is 1. The van der Waals surface area contributed by atoms with Crippen molar-refractivity contribution in [2.24, 2.45) is 0 Å². The van der Waals surface area contributed by atoms with E-state index in [1.165, 1.54) is 4.90 Å². The SMILES string of the molecule is CC(C)(C)OC(=O)N1CC(c2[nH]nc(C(=O)O)c2C=O)C1. The molecule has 1 aliphatic heterocycles. The monoisotopic (exact) mass is 295 g/mol. The molecule has 2 heterocycles. The van der Waals surface area contributed by atoms with E-state index >= 15 is 0 Å². The third-order valence-corrected chi connectivity index (χ3v) is 3.10. The summed E-state index contributed by atoms with van der Waals surface area (Å²) in [4.78, 5) is 35.3. The number of carbonyl (C=O) groups excluding carboxylic acids is 2. The van der Waals surface area contributed by atoms with E-state index in [2.05, 4.69) is 10.2 Å². The fraction of sp³-hybridized carbons (Fsp3) is 0.538. The molecule has 8 nitrogen and oxygen atoms in total. The van der Waals surface area contributed by atoms with Crippen LogP contribution in [0, 0.1) is 0 Å². The molecule has 21 heavy (non-hydrogen) atoms. The first-order valence-electron chi connectivity index (χ1n) is 6.47. The Balaban J connectivity index is 2.04. The number of nitrogens with zero attached hydrogens (tertiary/aromatic N) is 2. The van der Waals surface area contributed by atoms with E-state index in [1.54, 1.807) is 20.8 Å². The van der Waals surface area contributed by atoms with Crippen molar-refractivity contribution in [3.05, 3.63) is 17.0 Å². The zero-order chi connectivity index (χ0) is 15.8. The van der Waals surface area contributed by atoms with Crippen LogP contribution < -0.4 is 0 Å². The van der Waals surface area contributed by atoms with Crippen molar-refractivity contribution >= 4 is 18.3 Å². The lowest BCUT2D eigenvalue weighted by atomic mass is 9.93. The number of carbonyl (C=O) groups is 3. The number of aromatic nitrogens is 2. The van der Waals surface area contributed by atoms with Crippen molar-refractivity contribution in [2.45, 2.75) is 32.3 Å². The molecular formula is C13H17N3O5. The van der Waals surface area contributed by atoms with Crippen LogP contribution in [0.1, 0.15) is 53.2 Å². The Morgan fingerprint density at radius 3 is 2.52 bits per heavy atom. The van der Waals surface area contributed by atoms with E-state index in [9.17, 15) is 14.4 Å². The second-order valence-corrected chi connectivity index (χ2v) is 5.90. The van der Waals surface area contributed by atoms with Gasteiger partial charge in [-0.25, -0.2) is 9.59 Å². The zero-order valence-corrected chi connectivity index (χ0v) is 12.0. The number of carboxylic acid groups (broad SMARTS) is 1. The number of carboxylic acids is 1. The van der Waals surface area contributed by atoms with Crippen molar-refractivity contribution in [3.8, 4) is 0 Å². The number of amides is 1. The number of aromatic carboxylic acids is 1. The molecular weight excluding hydrogens is 278 g/mol. The third-order valence-electron chi connectivity index (χ3n) is 3.10. The molecule has 0 atom stereocenters. The first-order valence-corrected chi connectivity index (χ1v) is 6.47. The number of rotatable bonds is 3. The van der Waals surface area contributed by atoms with Gasteiger partial charge in [0.05, 0.1) is 11.3 Å². The summed E-state index contributed by atoms with van der Waals surface area (Å²) >= 11 is 0. The molecule has 1 aromatic heterocycles. The van der Waals surface area contributed by atoms with Crippen molar-refractivity contribution in [3.63, 3.8) is 0 Å². The number of nitrogens with one attached hydrogen (secondary N) is 1. The van der Waals surface area contributed by atoms with E-state index in [0.29, 0.717) is 25.1 Å². The molecule has 0 aliphatic carbocycles. The molecule has 0 saturated carbocycles. The van der Waals surface area contributed by atoms with Crippen LogP contribution in [0.3, 0.4) is 0 Å². The third kappa shape index (κ3) is 3.04. The van der Waals surface area contributed by atoms with E-state index in [0.717, 1.165) is 0 Å². The number of aldehydes is 1. The molecule has 1 saturated heterocycles. The summed E-state index contributed by atoms with van der Waals surface area (Å²) in [5, 5.41) is 15.1. The maximum Gasteiger partial charge on any atom is 0.410 e. The van der Waals surface area contributed by atoms with Crippen LogP contribution in [0.15, 0.2) is 0 Å². The Labute approximate surface area is 121 Å². The predicted molar refractivity (Wildman–Crippen MR) is 71.5 cm³/mol. The van der Waals surface area contributed by atoms with Crippen molar-refractivity contribution in [1.29, 1.82) is 0 Å². The van der Waals surface area contributed by atoms with Gasteiger partial charge in [-0.15, -0.1) is 0 Å². The van der Waals surface area contributed by atoms with Gasteiger partial charge in [0, 0.05) is 19.0 Å². The van der Waals surface area contributed by atoms with Crippen molar-refractivity contribution in [1.82, 2.24) is 15.1 Å². The van der Waals surface area contributed by atoms with Crippen molar-refractivity contribution in [2.75, 3.05) is 13.1 Å². The topological polar surface area (TPSA) is 113 Å². The van der Waals surface area contributed by atoms with Crippen LogP contribution in [0.4, 0.5) is 4.79 Å². The molecule has 2 N–H and O–H groups in total. The van der Waals surface area contributed by atoms with Crippen LogP contribution in [0.2, 0.25) is 0 Å². The van der Waals surface area contributed by atoms with Gasteiger partial charge in [-0.1, -0.05) is 0 Å². The minimum absolute atomic E-state index is 0.0383. The van der Waals surface area contributed by atoms with Gasteiger partial charge in [0.15, 0.2) is 12.0 Å². The van der Waals surface area contributed by atoms with Gasteiger partial charge in [0.25, 0.3) is 0 Å². The number of hydrogen-bond donors (Lipinski definition) is 2. The Bertz CT molecular complexity index is 581. The van der Waals surface area contributed by atoms with Crippen LogP contribution in [0.25, 0.3) is 0 Å². The van der Waals surface area contributed by atoms with Gasteiger partial charge < -0.3 is 14.7 Å². The second kappa shape index (κ2) is 5.19. The smallest absolute Gasteiger partial charge is 0.410 e. The summed E-state index contributed by atoms with van der Waals surface area (Å²) in [6, 6.07) is 0. The largest absolute Gasteiger partial charge is 0.476 e. The number of hydrogen-bond acceptors (Lipinski definition) is 5. The average Bonchev–Trinajstić information content (AvgIpc) is 2.68. The van der Waals surface area contributed by atoms with Crippen molar-refractivity contribution < 1.29 is 24.2 Å². The lowest BCUT2D eigenvalue weighted by Gasteiger charge is -2.39. The maximum absolute atomic E-state index is 11.8. The molecule has 0 radical (unpaired) electrons. The molecule has 0 spiro atoms. The fourth-order valence-corrected chi connectivity index (χ4v) is 2.09. The summed E-state index contributed by atoms with van der Waals surface area (Å²) in [6.45, 7) is 6.05. The second-order valence-electron chi connectivity index (χ2n) is 5.90. The van der Waals surface area contributed by atoms with Gasteiger partial charge >= 0.3 is 12.1 Å². The average molecular weight is 295 g/mol. The molecule has 114 valence electrons. The maximum atomic E-state index is 11.8. The summed E-state index contributed by atoms with van der Waals surface area (Å²) in [5.74, 6) is -1.40. The highest BCUT2D eigenvalue weighted by Gasteiger charge is 2.37. The molecule has 0 bridgehead atoms. The first-order chi connectivity index (χ1) is 9.73. The van der Waals surface area contributed by atoms with E-state index in [4.69, 9.17) is 9.84 Å². The predicted octanol–water partition coefficient (Wildman–Crippen LogP) is 1.25. The Morgan fingerprint density at radius 1 is 1.43 bits per heavy atom. The molecule has 1 fully saturated rings. The van der Waals surface area contributed by atoms with Gasteiger partial charge in [0.2, 0.25) is 0 Å². The Kier molecular flexibility index (Phi) is 3.71. The van der Waals surface area contributed by atoms with Gasteiger partial charge in [-0.05, 0) is 20.8 Å². The highest BCUT2D eigenvalue weighted by Crippen LogP contribution is 2.29. The molecule has 1 amide bonds. The molecule has 2 rings (SSSR count).